The Bertz CT molecular complexity index is 571. The Balaban J connectivity index is 1.90. The molecule has 0 spiro atoms. The zero-order chi connectivity index (χ0) is 17.2. The quantitative estimate of drug-likeness (QED) is 0.532. The topological polar surface area (TPSA) is 0 Å². The van der Waals surface area contributed by atoms with Gasteiger partial charge in [-0.25, -0.2) is 8.78 Å². The second kappa shape index (κ2) is 7.37. The van der Waals surface area contributed by atoms with Crippen LogP contribution in [0.4, 0.5) is 8.78 Å². The van der Waals surface area contributed by atoms with Gasteiger partial charge in [0.15, 0.2) is 11.6 Å². The van der Waals surface area contributed by atoms with Gasteiger partial charge in [0.05, 0.1) is 0 Å². The van der Waals surface area contributed by atoms with Crippen molar-refractivity contribution in [2.24, 2.45) is 17.8 Å². The number of hydrogen-bond donors (Lipinski definition) is 0. The van der Waals surface area contributed by atoms with E-state index in [4.69, 9.17) is 0 Å². The maximum atomic E-state index is 13.9. The fourth-order valence-electron chi connectivity index (χ4n) is 5.54. The van der Waals surface area contributed by atoms with E-state index in [0.717, 1.165) is 24.3 Å². The third kappa shape index (κ3) is 3.17. The van der Waals surface area contributed by atoms with Crippen LogP contribution in [0.5, 0.6) is 0 Å². The van der Waals surface area contributed by atoms with Crippen LogP contribution in [0.25, 0.3) is 0 Å². The van der Waals surface area contributed by atoms with E-state index >= 15 is 0 Å². The minimum atomic E-state index is -0.733. The van der Waals surface area contributed by atoms with Crippen molar-refractivity contribution in [3.8, 4) is 0 Å². The van der Waals surface area contributed by atoms with Crippen LogP contribution in [0.2, 0.25) is 0 Å². The first-order valence-electron chi connectivity index (χ1n) is 9.69. The molecule has 0 aliphatic heterocycles. The second-order valence-electron chi connectivity index (χ2n) is 7.90. The van der Waals surface area contributed by atoms with Gasteiger partial charge >= 0.3 is 0 Å². The van der Waals surface area contributed by atoms with Crippen LogP contribution in [0, 0.1) is 29.4 Å². The van der Waals surface area contributed by atoms with Gasteiger partial charge in [-0.2, -0.15) is 0 Å². The average molecular weight is 332 g/mol. The van der Waals surface area contributed by atoms with Gasteiger partial charge in [0.1, 0.15) is 0 Å². The molecule has 2 fully saturated rings. The molecule has 1 aromatic rings. The molecule has 0 radical (unpaired) electrons. The predicted octanol–water partition coefficient (Wildman–Crippen LogP) is 6.80. The molecule has 0 N–H and O–H groups in total. The summed E-state index contributed by atoms with van der Waals surface area (Å²) < 4.78 is 27.4. The fraction of sp³-hybridized carbons (Fsp3) is 0.636. The predicted molar refractivity (Wildman–Crippen MR) is 95.9 cm³/mol. The normalized spacial score (nSPS) is 34.0. The lowest BCUT2D eigenvalue weighted by Crippen LogP contribution is -2.42. The first kappa shape index (κ1) is 17.6. The largest absolute Gasteiger partial charge is 0.204 e. The smallest absolute Gasteiger partial charge is 0.159 e. The van der Waals surface area contributed by atoms with Gasteiger partial charge in [-0.15, -0.1) is 6.58 Å². The van der Waals surface area contributed by atoms with Crippen LogP contribution in [-0.2, 0) is 5.41 Å². The monoisotopic (exact) mass is 332 g/mol. The number of rotatable bonds is 4. The van der Waals surface area contributed by atoms with Crippen LogP contribution < -0.4 is 0 Å². The number of benzene rings is 1. The Morgan fingerprint density at radius 3 is 2.46 bits per heavy atom. The molecule has 2 aliphatic rings. The minimum Gasteiger partial charge on any atom is -0.204 e. The van der Waals surface area contributed by atoms with Crippen molar-refractivity contribution in [3.63, 3.8) is 0 Å². The highest BCUT2D eigenvalue weighted by Gasteiger charge is 2.45. The summed E-state index contributed by atoms with van der Waals surface area (Å²) in [5.41, 5.74) is 1.05. The van der Waals surface area contributed by atoms with Crippen molar-refractivity contribution in [3.05, 3.63) is 48.1 Å². The van der Waals surface area contributed by atoms with Crippen molar-refractivity contribution in [1.29, 1.82) is 0 Å². The van der Waals surface area contributed by atoms with E-state index in [1.54, 1.807) is 0 Å². The molecule has 0 heterocycles. The molecule has 0 nitrogen and oxygen atoms in total. The molecular weight excluding hydrogens is 302 g/mol. The summed E-state index contributed by atoms with van der Waals surface area (Å²) in [6, 6.07) is 4.64. The Morgan fingerprint density at radius 2 is 1.83 bits per heavy atom. The molecule has 24 heavy (non-hydrogen) atoms. The number of hydrogen-bond acceptors (Lipinski definition) is 0. The molecule has 0 bridgehead atoms. The van der Waals surface area contributed by atoms with Crippen LogP contribution >= 0.6 is 0 Å². The molecule has 3 rings (SSSR count). The van der Waals surface area contributed by atoms with E-state index in [1.165, 1.54) is 57.1 Å². The lowest BCUT2D eigenvalue weighted by atomic mass is 9.55. The molecule has 0 amide bonds. The molecule has 0 aromatic heterocycles. The standard InChI is InChI=1S/C22H30F2/c1-3-16-8-10-17(11-9-16)19-7-5-6-14-22(19,4-2)18-12-13-20(23)21(24)15-18/h3,12-13,15-17,19H,1,4-11,14H2,2H3. The van der Waals surface area contributed by atoms with E-state index in [9.17, 15) is 8.78 Å². The third-order valence-electron chi connectivity index (χ3n) is 6.94. The summed E-state index contributed by atoms with van der Waals surface area (Å²) in [6.07, 6.45) is 12.9. The van der Waals surface area contributed by atoms with Crippen molar-refractivity contribution in [2.75, 3.05) is 0 Å². The fourth-order valence-corrected chi connectivity index (χ4v) is 5.54. The highest BCUT2D eigenvalue weighted by atomic mass is 19.2. The van der Waals surface area contributed by atoms with Crippen molar-refractivity contribution >= 4 is 0 Å². The summed E-state index contributed by atoms with van der Waals surface area (Å²) in [7, 11) is 0. The molecule has 2 aliphatic carbocycles. The Morgan fingerprint density at radius 1 is 1.08 bits per heavy atom. The zero-order valence-corrected chi connectivity index (χ0v) is 14.9. The van der Waals surface area contributed by atoms with Crippen molar-refractivity contribution < 1.29 is 8.78 Å². The molecule has 2 heteroatoms. The van der Waals surface area contributed by atoms with E-state index < -0.39 is 11.6 Å². The highest BCUT2D eigenvalue weighted by molar-refractivity contribution is 5.29. The number of halogens is 2. The summed E-state index contributed by atoms with van der Waals surface area (Å²) in [5, 5.41) is 0. The maximum Gasteiger partial charge on any atom is 0.159 e. The highest BCUT2D eigenvalue weighted by Crippen LogP contribution is 2.52. The minimum absolute atomic E-state index is 0.0263. The first-order chi connectivity index (χ1) is 11.6. The van der Waals surface area contributed by atoms with Crippen LogP contribution in [0.3, 0.4) is 0 Å². The third-order valence-corrected chi connectivity index (χ3v) is 6.94. The molecule has 2 saturated carbocycles. The molecule has 2 unspecified atom stereocenters. The molecular formula is C22H30F2. The average Bonchev–Trinajstić information content (AvgIpc) is 2.64. The zero-order valence-electron chi connectivity index (χ0n) is 14.9. The number of allylic oxidation sites excluding steroid dienone is 1. The second-order valence-corrected chi connectivity index (χ2v) is 7.90. The van der Waals surface area contributed by atoms with E-state index in [2.05, 4.69) is 19.6 Å². The van der Waals surface area contributed by atoms with Crippen LogP contribution in [0.1, 0.15) is 70.3 Å². The Kier molecular flexibility index (Phi) is 5.42. The summed E-state index contributed by atoms with van der Waals surface area (Å²) in [6.45, 7) is 6.19. The Hall–Kier alpha value is -1.18. The SMILES string of the molecule is C=CC1CCC(C2CCCCC2(CC)c2ccc(F)c(F)c2)CC1. The van der Waals surface area contributed by atoms with Gasteiger partial charge in [0.2, 0.25) is 0 Å². The van der Waals surface area contributed by atoms with Gasteiger partial charge in [0.25, 0.3) is 0 Å². The van der Waals surface area contributed by atoms with Gasteiger partial charge in [-0.05, 0) is 85.8 Å². The lowest BCUT2D eigenvalue weighted by Gasteiger charge is -2.49. The van der Waals surface area contributed by atoms with Gasteiger partial charge in [-0.1, -0.05) is 31.9 Å². The van der Waals surface area contributed by atoms with Gasteiger partial charge in [-0.3, -0.25) is 0 Å². The van der Waals surface area contributed by atoms with E-state index in [-0.39, 0.29) is 5.41 Å². The molecule has 0 saturated heterocycles. The summed E-state index contributed by atoms with van der Waals surface area (Å²) in [5.74, 6) is 0.564. The molecule has 2 atom stereocenters. The Labute approximate surface area is 145 Å². The first-order valence-corrected chi connectivity index (χ1v) is 9.69. The van der Waals surface area contributed by atoms with E-state index in [0.29, 0.717) is 11.8 Å². The van der Waals surface area contributed by atoms with E-state index in [1.807, 2.05) is 6.07 Å². The van der Waals surface area contributed by atoms with Crippen LogP contribution in [0.15, 0.2) is 30.9 Å². The van der Waals surface area contributed by atoms with Crippen molar-refractivity contribution in [2.45, 2.75) is 70.1 Å². The maximum absolute atomic E-state index is 13.9. The van der Waals surface area contributed by atoms with Gasteiger partial charge < -0.3 is 0 Å². The summed E-state index contributed by atoms with van der Waals surface area (Å²) in [4.78, 5) is 0. The molecule has 132 valence electrons. The van der Waals surface area contributed by atoms with Crippen LogP contribution in [-0.4, -0.2) is 0 Å². The summed E-state index contributed by atoms with van der Waals surface area (Å²) >= 11 is 0. The molecule has 1 aromatic carbocycles. The lowest BCUT2D eigenvalue weighted by molar-refractivity contribution is 0.0841. The van der Waals surface area contributed by atoms with Crippen molar-refractivity contribution in [1.82, 2.24) is 0 Å². The van der Waals surface area contributed by atoms with Gasteiger partial charge in [0, 0.05) is 0 Å².